The average Bonchev–Trinajstić information content (AvgIpc) is 3.47. The van der Waals surface area contributed by atoms with Crippen LogP contribution in [0.4, 0.5) is 13.2 Å². The molecule has 0 saturated carbocycles. The van der Waals surface area contributed by atoms with Crippen molar-refractivity contribution in [1.82, 2.24) is 33.5 Å². The Morgan fingerprint density at radius 2 is 1.95 bits per heavy atom. The van der Waals surface area contributed by atoms with E-state index in [1.807, 2.05) is 29.8 Å². The summed E-state index contributed by atoms with van der Waals surface area (Å²) in [4.78, 5) is 18.0. The topological polar surface area (TPSA) is 72.8 Å². The van der Waals surface area contributed by atoms with Crippen molar-refractivity contribution in [2.75, 3.05) is 33.3 Å². The Hall–Kier alpha value is -3.48. The predicted molar refractivity (Wildman–Crippen MR) is 147 cm³/mol. The van der Waals surface area contributed by atoms with Gasteiger partial charge in [0.2, 0.25) is 0 Å². The number of benzene rings is 1. The molecule has 0 amide bonds. The lowest BCUT2D eigenvalue weighted by molar-refractivity contribution is -0.136. The number of nitrogens with zero attached hydrogens (tertiary/aromatic N) is 7. The summed E-state index contributed by atoms with van der Waals surface area (Å²) in [5.41, 5.74) is 0.280. The van der Waals surface area contributed by atoms with E-state index >= 15 is 0 Å². The number of pyridine rings is 1. The first kappa shape index (κ1) is 27.7. The van der Waals surface area contributed by atoms with Crippen LogP contribution in [-0.4, -0.2) is 72.9 Å². The second-order valence-electron chi connectivity index (χ2n) is 11.4. The van der Waals surface area contributed by atoms with E-state index in [1.54, 1.807) is 25.7 Å². The van der Waals surface area contributed by atoms with Crippen LogP contribution in [-0.2, 0) is 24.5 Å². The van der Waals surface area contributed by atoms with Crippen molar-refractivity contribution in [2.24, 2.45) is 13.0 Å². The van der Waals surface area contributed by atoms with Gasteiger partial charge in [0, 0.05) is 52.7 Å². The Morgan fingerprint density at radius 3 is 2.63 bits per heavy atom. The molecule has 0 bridgehead atoms. The highest BCUT2D eigenvalue weighted by Gasteiger charge is 2.37. The fourth-order valence-electron chi connectivity index (χ4n) is 6.17. The highest BCUT2D eigenvalue weighted by molar-refractivity contribution is 5.58. The molecule has 2 fully saturated rings. The Kier molecular flexibility index (Phi) is 7.25. The monoisotopic (exact) mass is 569 g/mol. The van der Waals surface area contributed by atoms with E-state index in [9.17, 15) is 18.0 Å². The quantitative estimate of drug-likeness (QED) is 0.336. The minimum atomic E-state index is -4.61. The molecule has 0 aliphatic carbocycles. The predicted octanol–water partition coefficient (Wildman–Crippen LogP) is 3.89. The Bertz CT molecular complexity index is 1600. The van der Waals surface area contributed by atoms with Gasteiger partial charge in [-0.1, -0.05) is 19.1 Å². The first-order valence-corrected chi connectivity index (χ1v) is 13.9. The molecule has 2 saturated heterocycles. The number of ether oxygens (including phenoxy) is 1. The minimum absolute atomic E-state index is 0.108. The summed E-state index contributed by atoms with van der Waals surface area (Å²) >= 11 is 0. The highest BCUT2D eigenvalue weighted by Crippen LogP contribution is 2.35. The Balaban J connectivity index is 1.41. The first-order chi connectivity index (χ1) is 19.6. The molecule has 2 aliphatic rings. The Morgan fingerprint density at radius 1 is 1.15 bits per heavy atom. The van der Waals surface area contributed by atoms with Crippen LogP contribution < -0.4 is 5.69 Å². The smallest absolute Gasteiger partial charge is 0.379 e. The van der Waals surface area contributed by atoms with Gasteiger partial charge in [0.15, 0.2) is 5.82 Å². The van der Waals surface area contributed by atoms with E-state index in [0.29, 0.717) is 36.8 Å². The number of rotatable bonds is 7. The Labute approximate surface area is 235 Å². The van der Waals surface area contributed by atoms with Gasteiger partial charge < -0.3 is 9.30 Å². The zero-order valence-electron chi connectivity index (χ0n) is 23.4. The van der Waals surface area contributed by atoms with Crippen molar-refractivity contribution < 1.29 is 17.9 Å². The summed E-state index contributed by atoms with van der Waals surface area (Å²) in [7, 11) is 3.55. The number of hydrogen-bond donors (Lipinski definition) is 0. The molecular formula is C29H34F3N7O2. The molecule has 1 aromatic carbocycles. The first-order valence-electron chi connectivity index (χ1n) is 13.9. The fraction of sp³-hybridized carbons (Fsp3) is 0.483. The molecular weight excluding hydrogens is 535 g/mol. The molecule has 2 atom stereocenters. The van der Waals surface area contributed by atoms with Gasteiger partial charge in [-0.2, -0.15) is 13.2 Å². The minimum Gasteiger partial charge on any atom is -0.379 e. The number of piperidine rings is 1. The molecule has 0 spiro atoms. The second-order valence-corrected chi connectivity index (χ2v) is 11.4. The summed E-state index contributed by atoms with van der Waals surface area (Å²) in [6.07, 6.45) is 2.11. The van der Waals surface area contributed by atoms with Crippen LogP contribution in [0.2, 0.25) is 0 Å². The van der Waals surface area contributed by atoms with Crippen LogP contribution in [0.25, 0.3) is 11.2 Å². The average molecular weight is 570 g/mol. The van der Waals surface area contributed by atoms with E-state index in [2.05, 4.69) is 26.9 Å². The zero-order chi connectivity index (χ0) is 28.9. The summed E-state index contributed by atoms with van der Waals surface area (Å²) in [5, 5.41) is 8.38. The number of alkyl halides is 3. The zero-order valence-corrected chi connectivity index (χ0v) is 23.4. The maximum atomic E-state index is 14.3. The van der Waals surface area contributed by atoms with Gasteiger partial charge in [0.05, 0.1) is 28.9 Å². The molecule has 12 heteroatoms. The van der Waals surface area contributed by atoms with Gasteiger partial charge in [-0.3, -0.25) is 18.8 Å². The summed E-state index contributed by atoms with van der Waals surface area (Å²) in [6.45, 7) is 5.58. The molecule has 0 unspecified atom stereocenters. The van der Waals surface area contributed by atoms with Crippen molar-refractivity contribution in [3.8, 4) is 5.69 Å². The number of imidazole rings is 1. The van der Waals surface area contributed by atoms with Crippen LogP contribution in [0.15, 0.2) is 53.8 Å². The molecule has 4 aromatic rings. The molecule has 218 valence electrons. The number of halogens is 3. The number of aromatic nitrogens is 5. The van der Waals surface area contributed by atoms with Crippen molar-refractivity contribution >= 4 is 5.52 Å². The normalized spacial score (nSPS) is 20.0. The van der Waals surface area contributed by atoms with E-state index < -0.39 is 17.4 Å². The van der Waals surface area contributed by atoms with Crippen LogP contribution in [0.1, 0.15) is 48.3 Å². The van der Waals surface area contributed by atoms with Gasteiger partial charge in [0.1, 0.15) is 6.33 Å². The third kappa shape index (κ3) is 5.31. The number of aryl methyl sites for hydroxylation is 1. The van der Waals surface area contributed by atoms with E-state index in [4.69, 9.17) is 4.74 Å². The molecule has 0 N–H and O–H groups in total. The molecule has 41 heavy (non-hydrogen) atoms. The van der Waals surface area contributed by atoms with Gasteiger partial charge in [-0.25, -0.2) is 4.79 Å². The van der Waals surface area contributed by atoms with Gasteiger partial charge in [-0.15, -0.1) is 10.2 Å². The van der Waals surface area contributed by atoms with Crippen LogP contribution in [0.3, 0.4) is 0 Å². The summed E-state index contributed by atoms with van der Waals surface area (Å²) in [5.74, 6) is 1.22. The SMILES string of the molecule is COC1CN([C@H](c2cccc(-n3cc4c(C(F)(F)F)cc(CN5CCC[C@H](C)C5)cn4c3=O)c2)c2nncn2C)C1. The molecule has 0 radical (unpaired) electrons. The van der Waals surface area contributed by atoms with E-state index in [0.717, 1.165) is 41.7 Å². The third-order valence-electron chi connectivity index (χ3n) is 8.31. The van der Waals surface area contributed by atoms with E-state index in [1.165, 1.54) is 16.8 Å². The van der Waals surface area contributed by atoms with Crippen molar-refractivity contribution in [3.63, 3.8) is 0 Å². The number of methoxy groups -OCH3 is 1. The van der Waals surface area contributed by atoms with Gasteiger partial charge in [0.25, 0.3) is 0 Å². The molecule has 3 aromatic heterocycles. The van der Waals surface area contributed by atoms with Crippen molar-refractivity contribution in [2.45, 2.75) is 44.6 Å². The lowest BCUT2D eigenvalue weighted by Gasteiger charge is -2.43. The van der Waals surface area contributed by atoms with Crippen LogP contribution in [0.5, 0.6) is 0 Å². The summed E-state index contributed by atoms with van der Waals surface area (Å²) in [6, 6.07) is 8.24. The van der Waals surface area contributed by atoms with Crippen LogP contribution in [0, 0.1) is 5.92 Å². The van der Waals surface area contributed by atoms with Gasteiger partial charge >= 0.3 is 11.9 Å². The second kappa shape index (κ2) is 10.7. The molecule has 9 nitrogen and oxygen atoms in total. The fourth-order valence-corrected chi connectivity index (χ4v) is 6.17. The summed E-state index contributed by atoms with van der Waals surface area (Å²) < 4.78 is 52.6. The maximum absolute atomic E-state index is 14.3. The number of fused-ring (bicyclic) bond motifs is 1. The largest absolute Gasteiger partial charge is 0.418 e. The lowest BCUT2D eigenvalue weighted by Crippen LogP contribution is -2.53. The molecule has 5 heterocycles. The van der Waals surface area contributed by atoms with Crippen molar-refractivity contribution in [3.05, 3.63) is 82.1 Å². The molecule has 6 rings (SSSR count). The van der Waals surface area contributed by atoms with Crippen LogP contribution >= 0.6 is 0 Å². The number of hydrogen-bond acceptors (Lipinski definition) is 6. The third-order valence-corrected chi connectivity index (χ3v) is 8.31. The molecule has 2 aliphatic heterocycles. The lowest BCUT2D eigenvalue weighted by atomic mass is 9.99. The van der Waals surface area contributed by atoms with Gasteiger partial charge in [-0.05, 0) is 54.6 Å². The van der Waals surface area contributed by atoms with Crippen molar-refractivity contribution in [1.29, 1.82) is 0 Å². The van der Waals surface area contributed by atoms with E-state index in [-0.39, 0.29) is 17.7 Å². The standard InChI is InChI=1S/C29H34F3N7O2/c1-19-6-5-9-36(12-19)13-20-10-24(29(30,31)32)25-17-38(28(40)39(25)14-20)22-8-4-7-21(11-22)26(27-34-33-18-35(27)2)37-15-23(16-37)41-3/h4,7-8,10-11,14,17-19,23,26H,5-6,9,12-13,15-16H2,1-3H3/t19-,26+/m0/s1. The highest BCUT2D eigenvalue weighted by atomic mass is 19.4. The number of likely N-dealkylation sites (tertiary alicyclic amines) is 2. The maximum Gasteiger partial charge on any atom is 0.418 e.